The van der Waals surface area contributed by atoms with Gasteiger partial charge < -0.3 is 15.1 Å². The third kappa shape index (κ3) is 3.81. The Morgan fingerprint density at radius 3 is 2.52 bits per heavy atom. The van der Waals surface area contributed by atoms with Gasteiger partial charge >= 0.3 is 0 Å². The topological polar surface area (TPSA) is 65.5 Å². The smallest absolute Gasteiger partial charge is 0.256 e. The van der Waals surface area contributed by atoms with Crippen molar-refractivity contribution in [2.75, 3.05) is 37.6 Å². The first-order valence-electron chi connectivity index (χ1n) is 9.98. The lowest BCUT2D eigenvalue weighted by molar-refractivity contribution is -0.120. The number of amides is 2. The Hall–Kier alpha value is -2.96. The number of halogens is 1. The molecule has 0 bridgehead atoms. The van der Waals surface area contributed by atoms with E-state index in [2.05, 4.69) is 15.2 Å². The maximum absolute atomic E-state index is 14.7. The number of aryl methyl sites for hydroxylation is 1. The van der Waals surface area contributed by atoms with E-state index in [1.807, 2.05) is 32.2 Å². The van der Waals surface area contributed by atoms with Crippen LogP contribution in [0.4, 0.5) is 10.2 Å². The van der Waals surface area contributed by atoms with Crippen molar-refractivity contribution in [2.45, 2.75) is 19.8 Å². The number of carbonyl (C=O) groups is 2. The van der Waals surface area contributed by atoms with Gasteiger partial charge in [-0.05, 0) is 42.2 Å². The van der Waals surface area contributed by atoms with E-state index in [0.29, 0.717) is 38.3 Å². The quantitative estimate of drug-likeness (QED) is 0.865. The third-order valence-electron chi connectivity index (χ3n) is 5.82. The standard InChI is InChI=1S/C22H25FN4O2/c1-14-3-6-19(24-12-14)26-7-9-27(10-8-26)22(29)17-5-4-16(11-18(17)23)20-15(2)13-25-21(20)28/h3-6,11-12,15,20H,7-10,13H2,1-2H3,(H,25,28)/t15?,20-/m1/s1. The molecule has 1 unspecified atom stereocenters. The molecule has 0 saturated carbocycles. The van der Waals surface area contributed by atoms with Gasteiger partial charge in [-0.2, -0.15) is 0 Å². The second-order valence-electron chi connectivity index (χ2n) is 7.91. The van der Waals surface area contributed by atoms with E-state index < -0.39 is 5.82 Å². The number of carbonyl (C=O) groups excluding carboxylic acids is 2. The lowest BCUT2D eigenvalue weighted by Crippen LogP contribution is -2.49. The predicted octanol–water partition coefficient (Wildman–Crippen LogP) is 2.34. The highest BCUT2D eigenvalue weighted by molar-refractivity contribution is 5.95. The summed E-state index contributed by atoms with van der Waals surface area (Å²) >= 11 is 0. The first-order chi connectivity index (χ1) is 13.9. The Kier molecular flexibility index (Phi) is 5.22. The van der Waals surface area contributed by atoms with Crippen molar-refractivity contribution in [1.29, 1.82) is 0 Å². The van der Waals surface area contributed by atoms with E-state index in [1.165, 1.54) is 12.1 Å². The van der Waals surface area contributed by atoms with Gasteiger partial charge in [0.1, 0.15) is 11.6 Å². The monoisotopic (exact) mass is 396 g/mol. The summed E-state index contributed by atoms with van der Waals surface area (Å²) < 4.78 is 14.7. The molecule has 3 heterocycles. The van der Waals surface area contributed by atoms with E-state index >= 15 is 0 Å². The number of anilines is 1. The van der Waals surface area contributed by atoms with Crippen molar-refractivity contribution in [2.24, 2.45) is 5.92 Å². The van der Waals surface area contributed by atoms with Crippen molar-refractivity contribution < 1.29 is 14.0 Å². The fourth-order valence-electron chi connectivity index (χ4n) is 4.08. The zero-order chi connectivity index (χ0) is 20.5. The predicted molar refractivity (Wildman–Crippen MR) is 108 cm³/mol. The number of rotatable bonds is 3. The largest absolute Gasteiger partial charge is 0.355 e. The molecule has 0 aliphatic carbocycles. The third-order valence-corrected chi connectivity index (χ3v) is 5.82. The number of benzene rings is 1. The second-order valence-corrected chi connectivity index (χ2v) is 7.91. The first-order valence-corrected chi connectivity index (χ1v) is 9.98. The molecule has 2 amide bonds. The van der Waals surface area contributed by atoms with E-state index in [0.717, 1.165) is 11.4 Å². The van der Waals surface area contributed by atoms with Crippen LogP contribution in [0.15, 0.2) is 36.5 Å². The normalized spacial score (nSPS) is 22.0. The summed E-state index contributed by atoms with van der Waals surface area (Å²) in [5.41, 5.74) is 1.78. The SMILES string of the molecule is Cc1ccc(N2CCN(C(=O)c3ccc([C@@H]4C(=O)NCC4C)cc3F)CC2)nc1. The Balaban J connectivity index is 1.43. The van der Waals surface area contributed by atoms with Crippen LogP contribution < -0.4 is 10.2 Å². The summed E-state index contributed by atoms with van der Waals surface area (Å²) in [7, 11) is 0. The molecule has 2 saturated heterocycles. The molecule has 1 N–H and O–H groups in total. The summed E-state index contributed by atoms with van der Waals surface area (Å²) in [6, 6.07) is 8.55. The molecule has 7 heteroatoms. The van der Waals surface area contributed by atoms with Gasteiger partial charge in [0.05, 0.1) is 11.5 Å². The van der Waals surface area contributed by atoms with Gasteiger partial charge in [0.2, 0.25) is 5.91 Å². The molecule has 2 aliphatic heterocycles. The summed E-state index contributed by atoms with van der Waals surface area (Å²) in [4.78, 5) is 33.1. The fourth-order valence-corrected chi connectivity index (χ4v) is 4.08. The molecule has 6 nitrogen and oxygen atoms in total. The molecular weight excluding hydrogens is 371 g/mol. The van der Waals surface area contributed by atoms with Crippen LogP contribution >= 0.6 is 0 Å². The lowest BCUT2D eigenvalue weighted by Gasteiger charge is -2.35. The van der Waals surface area contributed by atoms with Crippen LogP contribution in [0.2, 0.25) is 0 Å². The van der Waals surface area contributed by atoms with Crippen LogP contribution in [-0.2, 0) is 4.79 Å². The Morgan fingerprint density at radius 2 is 1.93 bits per heavy atom. The van der Waals surface area contributed by atoms with Crippen molar-refractivity contribution in [3.05, 3.63) is 59.0 Å². The number of hydrogen-bond acceptors (Lipinski definition) is 4. The highest BCUT2D eigenvalue weighted by Gasteiger charge is 2.33. The van der Waals surface area contributed by atoms with Crippen molar-refractivity contribution >= 4 is 17.6 Å². The number of aromatic nitrogens is 1. The maximum Gasteiger partial charge on any atom is 0.256 e. The molecule has 1 aromatic carbocycles. The van der Waals surface area contributed by atoms with Gasteiger partial charge in [-0.3, -0.25) is 9.59 Å². The summed E-state index contributed by atoms with van der Waals surface area (Å²) in [6.45, 7) is 6.87. The Morgan fingerprint density at radius 1 is 1.17 bits per heavy atom. The van der Waals surface area contributed by atoms with Gasteiger partial charge in [0.15, 0.2) is 0 Å². The molecule has 2 aliphatic rings. The molecule has 2 aromatic rings. The molecule has 4 rings (SSSR count). The average molecular weight is 396 g/mol. The minimum absolute atomic E-state index is 0.0571. The second kappa shape index (κ2) is 7.81. The average Bonchev–Trinajstić information content (AvgIpc) is 3.06. The molecule has 0 radical (unpaired) electrons. The zero-order valence-electron chi connectivity index (χ0n) is 16.7. The van der Waals surface area contributed by atoms with Crippen molar-refractivity contribution in [1.82, 2.24) is 15.2 Å². The number of pyridine rings is 1. The molecule has 0 spiro atoms. The molecule has 2 atom stereocenters. The number of nitrogens with zero attached hydrogens (tertiary/aromatic N) is 3. The van der Waals surface area contributed by atoms with E-state index in [-0.39, 0.29) is 29.2 Å². The van der Waals surface area contributed by atoms with E-state index in [4.69, 9.17) is 0 Å². The highest BCUT2D eigenvalue weighted by atomic mass is 19.1. The zero-order valence-corrected chi connectivity index (χ0v) is 16.7. The van der Waals surface area contributed by atoms with E-state index in [9.17, 15) is 14.0 Å². The fraction of sp³-hybridized carbons (Fsp3) is 0.409. The summed E-state index contributed by atoms with van der Waals surface area (Å²) in [6.07, 6.45) is 1.83. The lowest BCUT2D eigenvalue weighted by atomic mass is 9.89. The summed E-state index contributed by atoms with van der Waals surface area (Å²) in [5.74, 6) is -0.332. The molecule has 152 valence electrons. The molecule has 2 fully saturated rings. The maximum atomic E-state index is 14.7. The number of piperazine rings is 1. The van der Waals surface area contributed by atoms with Gasteiger partial charge in [0, 0.05) is 38.9 Å². The van der Waals surface area contributed by atoms with Crippen LogP contribution in [0.5, 0.6) is 0 Å². The minimum atomic E-state index is -0.568. The highest BCUT2D eigenvalue weighted by Crippen LogP contribution is 2.30. The molecule has 29 heavy (non-hydrogen) atoms. The Labute approximate surface area is 169 Å². The van der Waals surface area contributed by atoms with Crippen LogP contribution in [0.3, 0.4) is 0 Å². The van der Waals surface area contributed by atoms with Gasteiger partial charge in [-0.15, -0.1) is 0 Å². The van der Waals surface area contributed by atoms with Crippen LogP contribution in [0, 0.1) is 18.7 Å². The summed E-state index contributed by atoms with van der Waals surface area (Å²) in [5, 5.41) is 2.80. The van der Waals surface area contributed by atoms with Gasteiger partial charge in [-0.25, -0.2) is 9.37 Å². The van der Waals surface area contributed by atoms with Crippen LogP contribution in [0.1, 0.15) is 34.3 Å². The Bertz CT molecular complexity index is 923. The first kappa shape index (κ1) is 19.4. The molecular formula is C22H25FN4O2. The minimum Gasteiger partial charge on any atom is -0.355 e. The van der Waals surface area contributed by atoms with Crippen LogP contribution in [-0.4, -0.2) is 54.4 Å². The number of hydrogen-bond donors (Lipinski definition) is 1. The van der Waals surface area contributed by atoms with Crippen molar-refractivity contribution in [3.63, 3.8) is 0 Å². The van der Waals surface area contributed by atoms with Gasteiger partial charge in [-0.1, -0.05) is 19.1 Å². The van der Waals surface area contributed by atoms with Gasteiger partial charge in [0.25, 0.3) is 5.91 Å². The number of nitrogens with one attached hydrogen (secondary N) is 1. The van der Waals surface area contributed by atoms with Crippen molar-refractivity contribution in [3.8, 4) is 0 Å². The molecule has 1 aromatic heterocycles. The van der Waals surface area contributed by atoms with E-state index in [1.54, 1.807) is 11.0 Å². The van der Waals surface area contributed by atoms with Crippen LogP contribution in [0.25, 0.3) is 0 Å².